The number of benzene rings is 3. The van der Waals surface area contributed by atoms with E-state index in [2.05, 4.69) is 0 Å². The molecule has 0 aromatic heterocycles. The van der Waals surface area contributed by atoms with E-state index in [1.54, 1.807) is 36.4 Å². The Balaban J connectivity index is 2.37. The fourth-order valence-corrected chi connectivity index (χ4v) is 5.24. The first-order valence-electron chi connectivity index (χ1n) is 10.6. The Hall–Kier alpha value is -1.14. The first-order valence-corrected chi connectivity index (χ1v) is 12.8. The van der Waals surface area contributed by atoms with Crippen molar-refractivity contribution in [3.05, 3.63) is 66.5 Å². The molecule has 3 rings (SSSR count). The van der Waals surface area contributed by atoms with Gasteiger partial charge in [-0.25, -0.2) is 0 Å². The molecule has 3 aromatic carbocycles. The Kier molecular flexibility index (Phi) is 9.86. The normalized spacial score (nSPS) is 10.9. The van der Waals surface area contributed by atoms with Crippen LogP contribution in [-0.2, 0) is 0 Å². The van der Waals surface area contributed by atoms with Crippen molar-refractivity contribution in [3.63, 3.8) is 0 Å². The molecule has 0 spiro atoms. The summed E-state index contributed by atoms with van der Waals surface area (Å²) < 4.78 is 17.2. The van der Waals surface area contributed by atoms with Crippen LogP contribution < -0.4 is 30.6 Å². The third-order valence-corrected chi connectivity index (χ3v) is 6.85. The van der Waals surface area contributed by atoms with E-state index in [9.17, 15) is 0 Å². The van der Waals surface area contributed by atoms with E-state index in [1.165, 1.54) is 0 Å². The maximum atomic E-state index is 6.72. The summed E-state index contributed by atoms with van der Waals surface area (Å²) in [6.45, 7) is 6.36. The van der Waals surface area contributed by atoms with Gasteiger partial charge in [-0.15, -0.1) is 0 Å². The molecule has 180 valence electrons. The predicted octanol–water partition coefficient (Wildman–Crippen LogP) is 7.32. The molecule has 34 heavy (non-hydrogen) atoms. The molecule has 0 saturated carbocycles. The molecule has 3 nitrogen and oxygen atoms in total. The molecule has 0 aliphatic rings. The summed E-state index contributed by atoms with van der Waals surface area (Å²) in [7, 11) is 0. The van der Waals surface area contributed by atoms with Crippen molar-refractivity contribution in [1.29, 1.82) is 0 Å². The SMILES string of the molecule is CCOc1cc(B(c2cc(OCC)c(Cl)cc2Cl)c2cc(OCC)c(Cl)cc2Cl)c(Cl)cc1Cl. The lowest BCUT2D eigenvalue weighted by Gasteiger charge is -2.22. The summed E-state index contributed by atoms with van der Waals surface area (Å²) in [6.07, 6.45) is 0. The molecule has 0 aliphatic carbocycles. The van der Waals surface area contributed by atoms with Gasteiger partial charge in [0, 0.05) is 15.1 Å². The second kappa shape index (κ2) is 12.2. The zero-order valence-corrected chi connectivity index (χ0v) is 23.2. The minimum Gasteiger partial charge on any atom is -0.492 e. The van der Waals surface area contributed by atoms with Crippen molar-refractivity contribution in [2.45, 2.75) is 20.8 Å². The number of halogens is 6. The van der Waals surface area contributed by atoms with Gasteiger partial charge in [0.05, 0.1) is 34.9 Å². The van der Waals surface area contributed by atoms with E-state index >= 15 is 0 Å². The lowest BCUT2D eigenvalue weighted by Crippen LogP contribution is -2.53. The Morgan fingerprint density at radius 1 is 0.471 bits per heavy atom. The zero-order valence-electron chi connectivity index (χ0n) is 18.7. The van der Waals surface area contributed by atoms with E-state index in [4.69, 9.17) is 83.8 Å². The predicted molar refractivity (Wildman–Crippen MR) is 148 cm³/mol. The Labute approximate surface area is 230 Å². The molecule has 0 bridgehead atoms. The Morgan fingerprint density at radius 3 is 0.971 bits per heavy atom. The van der Waals surface area contributed by atoms with Gasteiger partial charge in [-0.1, -0.05) is 69.6 Å². The van der Waals surface area contributed by atoms with Crippen LogP contribution in [0.25, 0.3) is 0 Å². The van der Waals surface area contributed by atoms with Gasteiger partial charge in [0.25, 0.3) is 0 Å². The highest BCUT2D eigenvalue weighted by molar-refractivity contribution is 6.98. The molecule has 0 heterocycles. The fourth-order valence-electron chi connectivity index (χ4n) is 3.60. The molecule has 0 saturated heterocycles. The smallest absolute Gasteiger partial charge is 0.247 e. The van der Waals surface area contributed by atoms with Gasteiger partial charge in [0.15, 0.2) is 0 Å². The molecule has 0 atom stereocenters. The van der Waals surface area contributed by atoms with E-state index in [1.807, 2.05) is 20.8 Å². The second-order valence-corrected chi connectivity index (χ2v) is 9.59. The standard InChI is InChI=1S/C24H21BCl6O3/c1-4-32-22-7-13(16(26)10-19(22)29)25(14-8-23(33-5-2)20(30)11-17(14)27)15-9-24(34-6-3)21(31)12-18(15)28/h7-12H,4-6H2,1-3H3. The minimum absolute atomic E-state index is 0.392. The van der Waals surface area contributed by atoms with Crippen LogP contribution in [0.1, 0.15) is 20.8 Å². The van der Waals surface area contributed by atoms with Crippen LogP contribution in [0.4, 0.5) is 0 Å². The molecule has 3 aromatic rings. The van der Waals surface area contributed by atoms with E-state index in [-0.39, 0.29) is 0 Å². The van der Waals surface area contributed by atoms with Crippen LogP contribution in [0.15, 0.2) is 36.4 Å². The minimum atomic E-state index is -0.545. The highest BCUT2D eigenvalue weighted by Crippen LogP contribution is 2.32. The number of hydrogen-bond donors (Lipinski definition) is 0. The molecule has 0 aliphatic heterocycles. The largest absolute Gasteiger partial charge is 0.492 e. The molecule has 10 heteroatoms. The van der Waals surface area contributed by atoms with Crippen LogP contribution >= 0.6 is 69.6 Å². The molecule has 0 radical (unpaired) electrons. The molecule has 0 N–H and O–H groups in total. The zero-order chi connectivity index (χ0) is 25.0. The van der Waals surface area contributed by atoms with Crippen molar-refractivity contribution in [3.8, 4) is 17.2 Å². The summed E-state index contributed by atoms with van der Waals surface area (Å²) in [5.41, 5.74) is 2.02. The van der Waals surface area contributed by atoms with Crippen LogP contribution in [0.5, 0.6) is 17.2 Å². The average molecular weight is 581 g/mol. The quantitative estimate of drug-likeness (QED) is 0.248. The Morgan fingerprint density at radius 2 is 0.735 bits per heavy atom. The van der Waals surface area contributed by atoms with E-state index < -0.39 is 6.71 Å². The summed E-state index contributed by atoms with van der Waals surface area (Å²) >= 11 is 39.3. The summed E-state index contributed by atoms with van der Waals surface area (Å²) in [6, 6.07) is 10.3. The number of ether oxygens (including phenoxy) is 3. The molecular formula is C24H21BCl6O3. The van der Waals surface area contributed by atoms with Crippen molar-refractivity contribution in [1.82, 2.24) is 0 Å². The van der Waals surface area contributed by atoms with Crippen LogP contribution in [0.2, 0.25) is 30.1 Å². The van der Waals surface area contributed by atoms with Crippen molar-refractivity contribution < 1.29 is 14.2 Å². The second-order valence-electron chi connectivity index (χ2n) is 7.14. The summed E-state index contributed by atoms with van der Waals surface area (Å²) in [5, 5.41) is 2.40. The summed E-state index contributed by atoms with van der Waals surface area (Å²) in [5.74, 6) is 1.46. The highest BCUT2D eigenvalue weighted by Gasteiger charge is 2.31. The fraction of sp³-hybridized carbons (Fsp3) is 0.250. The van der Waals surface area contributed by atoms with Crippen molar-refractivity contribution in [2.75, 3.05) is 19.8 Å². The van der Waals surface area contributed by atoms with E-state index in [0.29, 0.717) is 83.6 Å². The van der Waals surface area contributed by atoms with Gasteiger partial charge in [0.1, 0.15) is 17.2 Å². The molecular weight excluding hydrogens is 560 g/mol. The first-order chi connectivity index (χ1) is 16.2. The third-order valence-electron chi connectivity index (χ3n) is 4.99. The van der Waals surface area contributed by atoms with Gasteiger partial charge in [-0.2, -0.15) is 0 Å². The third kappa shape index (κ3) is 5.98. The van der Waals surface area contributed by atoms with E-state index in [0.717, 1.165) is 0 Å². The maximum absolute atomic E-state index is 6.72. The van der Waals surface area contributed by atoms with Crippen molar-refractivity contribution in [2.24, 2.45) is 0 Å². The molecule has 0 unspecified atom stereocenters. The van der Waals surface area contributed by atoms with Crippen molar-refractivity contribution >= 4 is 92.7 Å². The van der Waals surface area contributed by atoms with Crippen LogP contribution in [-0.4, -0.2) is 26.5 Å². The van der Waals surface area contributed by atoms with Gasteiger partial charge in [-0.3, -0.25) is 0 Å². The van der Waals surface area contributed by atoms with Crippen LogP contribution in [0.3, 0.4) is 0 Å². The number of hydrogen-bond acceptors (Lipinski definition) is 3. The van der Waals surface area contributed by atoms with Gasteiger partial charge in [0.2, 0.25) is 6.71 Å². The van der Waals surface area contributed by atoms with Gasteiger partial charge >= 0.3 is 0 Å². The Bertz CT molecular complexity index is 1040. The monoisotopic (exact) mass is 578 g/mol. The molecule has 0 fully saturated rings. The van der Waals surface area contributed by atoms with Gasteiger partial charge < -0.3 is 14.2 Å². The number of rotatable bonds is 9. The highest BCUT2D eigenvalue weighted by atomic mass is 35.5. The topological polar surface area (TPSA) is 27.7 Å². The summed E-state index contributed by atoms with van der Waals surface area (Å²) in [4.78, 5) is 0. The average Bonchev–Trinajstić information content (AvgIpc) is 2.77. The molecule has 0 amide bonds. The van der Waals surface area contributed by atoms with Crippen LogP contribution in [0, 0.1) is 0 Å². The lowest BCUT2D eigenvalue weighted by molar-refractivity contribution is 0.340. The van der Waals surface area contributed by atoms with Gasteiger partial charge in [-0.05, 0) is 73.6 Å². The maximum Gasteiger partial charge on any atom is 0.247 e. The lowest BCUT2D eigenvalue weighted by atomic mass is 9.36. The first kappa shape index (κ1) is 27.5.